The Morgan fingerprint density at radius 3 is 2.44 bits per heavy atom. The molecule has 174 valence electrons. The molecular weight excluding hydrogens is 433 g/mol. The van der Waals surface area contributed by atoms with Gasteiger partial charge in [0.2, 0.25) is 0 Å². The highest BCUT2D eigenvalue weighted by Gasteiger charge is 2.32. The minimum absolute atomic E-state index is 0.142. The molecule has 0 spiro atoms. The van der Waals surface area contributed by atoms with E-state index in [2.05, 4.69) is 4.90 Å². The first kappa shape index (κ1) is 22.3. The van der Waals surface area contributed by atoms with Gasteiger partial charge in [-0.05, 0) is 47.0 Å². The Hall–Kier alpha value is -3.48. The summed E-state index contributed by atoms with van der Waals surface area (Å²) in [6, 6.07) is 20.0. The van der Waals surface area contributed by atoms with E-state index in [4.69, 9.17) is 14.2 Å². The molecule has 3 aromatic carbocycles. The van der Waals surface area contributed by atoms with Crippen molar-refractivity contribution in [1.82, 2.24) is 4.90 Å². The highest BCUT2D eigenvalue weighted by molar-refractivity contribution is 6.41. The average molecular weight is 460 g/mol. The van der Waals surface area contributed by atoms with Crippen LogP contribution in [0.3, 0.4) is 0 Å². The van der Waals surface area contributed by atoms with Gasteiger partial charge in [-0.25, -0.2) is 4.39 Å². The van der Waals surface area contributed by atoms with E-state index in [1.807, 2.05) is 42.5 Å². The van der Waals surface area contributed by atoms with Crippen molar-refractivity contribution in [2.24, 2.45) is 0 Å². The molecule has 0 N–H and O–H groups in total. The zero-order chi connectivity index (χ0) is 23.5. The van der Waals surface area contributed by atoms with E-state index in [0.717, 1.165) is 49.5 Å². The third kappa shape index (κ3) is 4.34. The Bertz CT molecular complexity index is 1230. The van der Waals surface area contributed by atoms with Crippen LogP contribution in [0.2, 0.25) is 0 Å². The average Bonchev–Trinajstić information content (AvgIpc) is 3.17. The number of morpholine rings is 1. The Labute approximate surface area is 198 Å². The zero-order valence-corrected chi connectivity index (χ0v) is 19.1. The lowest BCUT2D eigenvalue weighted by molar-refractivity contribution is 0.0322. The number of Topliss-reactive ketones (excluding diaryl/α,β-unsaturated/α-hetero) is 1. The largest absolute Gasteiger partial charge is 0.494 e. The van der Waals surface area contributed by atoms with Crippen molar-refractivity contribution in [3.8, 4) is 11.5 Å². The molecule has 1 heterocycles. The number of hydrogen-bond donors (Lipinski definition) is 0. The smallest absolute Gasteiger partial charge is 0.195 e. The first-order valence-electron chi connectivity index (χ1n) is 11.4. The number of methoxy groups -OCH3 is 1. The molecule has 0 unspecified atom stereocenters. The van der Waals surface area contributed by atoms with Crippen LogP contribution in [0.25, 0.3) is 11.1 Å². The molecule has 0 aromatic heterocycles. The molecular formula is C28H26FNO4. The van der Waals surface area contributed by atoms with E-state index >= 15 is 0 Å². The molecule has 5 rings (SSSR count). The number of hydrogen-bond acceptors (Lipinski definition) is 5. The fraction of sp³-hybridized carbons (Fsp3) is 0.250. The number of fused-ring (bicyclic) bond motifs is 1. The minimum Gasteiger partial charge on any atom is -0.494 e. The maximum absolute atomic E-state index is 14.6. The first-order valence-corrected chi connectivity index (χ1v) is 11.4. The monoisotopic (exact) mass is 459 g/mol. The topological polar surface area (TPSA) is 48.0 Å². The Balaban J connectivity index is 1.47. The molecule has 1 saturated heterocycles. The zero-order valence-electron chi connectivity index (χ0n) is 19.1. The molecule has 0 bridgehead atoms. The number of nitrogens with zero attached hydrogens (tertiary/aromatic N) is 1. The minimum atomic E-state index is -0.504. The summed E-state index contributed by atoms with van der Waals surface area (Å²) in [5.74, 6) is 0.146. The number of allylic oxidation sites excluding steroid dienone is 1. The highest BCUT2D eigenvalue weighted by atomic mass is 19.1. The summed E-state index contributed by atoms with van der Waals surface area (Å²) >= 11 is 0. The lowest BCUT2D eigenvalue weighted by Crippen LogP contribution is -2.38. The quantitative estimate of drug-likeness (QED) is 0.513. The Kier molecular flexibility index (Phi) is 6.43. The molecule has 1 aliphatic heterocycles. The van der Waals surface area contributed by atoms with Crippen molar-refractivity contribution in [3.05, 3.63) is 94.8 Å². The summed E-state index contributed by atoms with van der Waals surface area (Å²) in [4.78, 5) is 15.9. The van der Waals surface area contributed by atoms with Gasteiger partial charge in [0, 0.05) is 36.3 Å². The maximum atomic E-state index is 14.6. The molecule has 0 amide bonds. The van der Waals surface area contributed by atoms with E-state index in [9.17, 15) is 9.18 Å². The van der Waals surface area contributed by atoms with Crippen molar-refractivity contribution >= 4 is 16.9 Å². The molecule has 0 saturated carbocycles. The van der Waals surface area contributed by atoms with Crippen LogP contribution < -0.4 is 9.47 Å². The van der Waals surface area contributed by atoms with Crippen LogP contribution in [-0.2, 0) is 4.74 Å². The summed E-state index contributed by atoms with van der Waals surface area (Å²) in [6.45, 7) is 4.63. The van der Waals surface area contributed by atoms with Gasteiger partial charge in [0.25, 0.3) is 0 Å². The standard InChI is InChI=1S/C28H26FNO4/c1-32-25-10-7-20(17-24(25)29)27-26(19-5-3-2-4-6-19)22-9-8-21(18-23(22)28(27)31)34-16-13-30-11-14-33-15-12-30/h2-10,17-18H,11-16H2,1H3. The third-order valence-electron chi connectivity index (χ3n) is 6.26. The molecule has 1 aliphatic carbocycles. The second-order valence-electron chi connectivity index (χ2n) is 8.30. The second kappa shape index (κ2) is 9.79. The number of ketones is 1. The van der Waals surface area contributed by atoms with Crippen molar-refractivity contribution in [2.75, 3.05) is 46.6 Å². The fourth-order valence-electron chi connectivity index (χ4n) is 4.52. The van der Waals surface area contributed by atoms with Gasteiger partial charge in [0.15, 0.2) is 17.3 Å². The van der Waals surface area contributed by atoms with Gasteiger partial charge in [-0.1, -0.05) is 36.4 Å². The Morgan fingerprint density at radius 1 is 0.912 bits per heavy atom. The first-order chi connectivity index (χ1) is 16.7. The molecule has 2 aliphatic rings. The van der Waals surface area contributed by atoms with Crippen molar-refractivity contribution in [3.63, 3.8) is 0 Å². The number of rotatable bonds is 7. The van der Waals surface area contributed by atoms with Crippen LogP contribution in [-0.4, -0.2) is 57.2 Å². The van der Waals surface area contributed by atoms with Gasteiger partial charge in [-0.3, -0.25) is 9.69 Å². The molecule has 5 nitrogen and oxygen atoms in total. The van der Waals surface area contributed by atoms with Crippen LogP contribution in [0.15, 0.2) is 66.7 Å². The molecule has 34 heavy (non-hydrogen) atoms. The summed E-state index contributed by atoms with van der Waals surface area (Å²) in [7, 11) is 1.42. The lowest BCUT2D eigenvalue weighted by Gasteiger charge is -2.26. The third-order valence-corrected chi connectivity index (χ3v) is 6.26. The highest BCUT2D eigenvalue weighted by Crippen LogP contribution is 2.43. The molecule has 0 atom stereocenters. The lowest BCUT2D eigenvalue weighted by atomic mass is 9.94. The summed E-state index contributed by atoms with van der Waals surface area (Å²) in [5, 5.41) is 0. The maximum Gasteiger partial charge on any atom is 0.195 e. The van der Waals surface area contributed by atoms with Crippen molar-refractivity contribution in [1.29, 1.82) is 0 Å². The number of benzene rings is 3. The van der Waals surface area contributed by atoms with E-state index in [1.54, 1.807) is 18.2 Å². The van der Waals surface area contributed by atoms with Crippen LogP contribution in [0.4, 0.5) is 4.39 Å². The predicted octanol–water partition coefficient (Wildman–Crippen LogP) is 4.70. The summed E-state index contributed by atoms with van der Waals surface area (Å²) < 4.78 is 31.0. The van der Waals surface area contributed by atoms with Crippen LogP contribution in [0, 0.1) is 5.82 Å². The van der Waals surface area contributed by atoms with Crippen LogP contribution >= 0.6 is 0 Å². The van der Waals surface area contributed by atoms with Gasteiger partial charge < -0.3 is 14.2 Å². The van der Waals surface area contributed by atoms with Crippen LogP contribution in [0.5, 0.6) is 11.5 Å². The number of carbonyl (C=O) groups is 1. The Morgan fingerprint density at radius 2 is 1.71 bits per heavy atom. The van der Waals surface area contributed by atoms with E-state index in [0.29, 0.717) is 29.1 Å². The van der Waals surface area contributed by atoms with Gasteiger partial charge in [-0.2, -0.15) is 0 Å². The van der Waals surface area contributed by atoms with Crippen LogP contribution in [0.1, 0.15) is 27.0 Å². The molecule has 6 heteroatoms. The molecule has 3 aromatic rings. The molecule has 0 radical (unpaired) electrons. The summed E-state index contributed by atoms with van der Waals surface area (Å²) in [5.41, 5.74) is 4.09. The van der Waals surface area contributed by atoms with Gasteiger partial charge in [0.05, 0.1) is 20.3 Å². The summed E-state index contributed by atoms with van der Waals surface area (Å²) in [6.07, 6.45) is 0. The van der Waals surface area contributed by atoms with Gasteiger partial charge in [0.1, 0.15) is 12.4 Å². The van der Waals surface area contributed by atoms with Gasteiger partial charge >= 0.3 is 0 Å². The number of carbonyl (C=O) groups excluding carboxylic acids is 1. The predicted molar refractivity (Wildman–Crippen MR) is 129 cm³/mol. The second-order valence-corrected chi connectivity index (χ2v) is 8.30. The molecule has 1 fully saturated rings. The number of halogens is 1. The van der Waals surface area contributed by atoms with E-state index in [1.165, 1.54) is 13.2 Å². The number of ether oxygens (including phenoxy) is 3. The fourth-order valence-corrected chi connectivity index (χ4v) is 4.52. The SMILES string of the molecule is COc1ccc(C2=C(c3ccccc3)c3ccc(OCCN4CCOCC4)cc3C2=O)cc1F. The van der Waals surface area contributed by atoms with E-state index in [-0.39, 0.29) is 11.5 Å². The van der Waals surface area contributed by atoms with Crippen molar-refractivity contribution in [2.45, 2.75) is 0 Å². The van der Waals surface area contributed by atoms with Gasteiger partial charge in [-0.15, -0.1) is 0 Å². The van der Waals surface area contributed by atoms with E-state index < -0.39 is 5.82 Å². The van der Waals surface area contributed by atoms with Crippen molar-refractivity contribution < 1.29 is 23.4 Å². The normalized spacial score (nSPS) is 16.0.